The fraction of sp³-hybridized carbons (Fsp3) is 0.217. The van der Waals surface area contributed by atoms with Crippen molar-refractivity contribution >= 4 is 22.6 Å². The van der Waals surface area contributed by atoms with E-state index in [1.54, 1.807) is 31.4 Å². The van der Waals surface area contributed by atoms with Gasteiger partial charge < -0.3 is 9.64 Å². The molecular weight excluding hydrogens is 352 g/mol. The van der Waals surface area contributed by atoms with Crippen LogP contribution >= 0.6 is 0 Å². The minimum atomic E-state index is -0.187. The monoisotopic (exact) mass is 375 g/mol. The number of hydrogen-bond acceptors (Lipinski definition) is 3. The van der Waals surface area contributed by atoms with Crippen LogP contribution in [0.5, 0.6) is 5.75 Å². The van der Waals surface area contributed by atoms with E-state index in [2.05, 4.69) is 31.3 Å². The summed E-state index contributed by atoms with van der Waals surface area (Å²) in [6.45, 7) is 1.94. The average molecular weight is 375 g/mol. The van der Waals surface area contributed by atoms with Gasteiger partial charge in [-0.15, -0.1) is 0 Å². The van der Waals surface area contributed by atoms with Gasteiger partial charge in [-0.25, -0.2) is 0 Å². The summed E-state index contributed by atoms with van der Waals surface area (Å²) in [6, 6.07) is 19.5. The molecule has 28 heavy (non-hydrogen) atoms. The predicted molar refractivity (Wildman–Crippen MR) is 108 cm³/mol. The molecule has 0 radical (unpaired) electrons. The first-order valence-corrected chi connectivity index (χ1v) is 9.40. The van der Waals surface area contributed by atoms with Gasteiger partial charge >= 0.3 is 0 Å². The van der Waals surface area contributed by atoms with Gasteiger partial charge in [-0.05, 0) is 41.1 Å². The number of carbonyl (C=O) groups is 2. The summed E-state index contributed by atoms with van der Waals surface area (Å²) in [7, 11) is 3.75. The third kappa shape index (κ3) is 3.37. The number of quaternary nitrogens is 1. The highest BCUT2D eigenvalue weighted by molar-refractivity contribution is 6.21. The fourth-order valence-electron chi connectivity index (χ4n) is 3.69. The Morgan fingerprint density at radius 1 is 0.893 bits per heavy atom. The van der Waals surface area contributed by atoms with Gasteiger partial charge in [-0.3, -0.25) is 14.5 Å². The molecule has 5 heteroatoms. The summed E-state index contributed by atoms with van der Waals surface area (Å²) in [4.78, 5) is 27.5. The minimum Gasteiger partial charge on any atom is -0.497 e. The lowest BCUT2D eigenvalue weighted by atomic mass is 10.1. The Balaban J connectivity index is 1.40. The summed E-state index contributed by atoms with van der Waals surface area (Å²) < 4.78 is 5.27. The molecule has 1 atom stereocenters. The van der Waals surface area contributed by atoms with Crippen molar-refractivity contribution in [2.24, 2.45) is 0 Å². The SMILES string of the molecule is COc1ccc2cc(C[NH+](C)CCN3C(=O)c4ccccc4C3=O)ccc2c1. The topological polar surface area (TPSA) is 51.1 Å². The number of rotatable bonds is 6. The zero-order chi connectivity index (χ0) is 19.7. The van der Waals surface area contributed by atoms with Crippen LogP contribution in [-0.4, -0.2) is 44.0 Å². The molecule has 1 heterocycles. The van der Waals surface area contributed by atoms with Gasteiger partial charge in [0, 0.05) is 5.56 Å². The first kappa shape index (κ1) is 18.2. The van der Waals surface area contributed by atoms with Gasteiger partial charge in [0.1, 0.15) is 12.3 Å². The van der Waals surface area contributed by atoms with Crippen LogP contribution in [0.1, 0.15) is 26.3 Å². The number of carbonyl (C=O) groups excluding carboxylic acids is 2. The van der Waals surface area contributed by atoms with Gasteiger partial charge in [0.2, 0.25) is 0 Å². The summed E-state index contributed by atoms with van der Waals surface area (Å²) >= 11 is 0. The second-order valence-electron chi connectivity index (χ2n) is 7.24. The fourth-order valence-corrected chi connectivity index (χ4v) is 3.69. The van der Waals surface area contributed by atoms with E-state index in [-0.39, 0.29) is 11.8 Å². The van der Waals surface area contributed by atoms with Gasteiger partial charge in [0.05, 0.1) is 38.4 Å². The number of methoxy groups -OCH3 is 1. The highest BCUT2D eigenvalue weighted by Crippen LogP contribution is 2.22. The lowest BCUT2D eigenvalue weighted by molar-refractivity contribution is -0.892. The zero-order valence-corrected chi connectivity index (χ0v) is 16.1. The van der Waals surface area contributed by atoms with E-state index in [0.717, 1.165) is 17.7 Å². The summed E-state index contributed by atoms with van der Waals surface area (Å²) in [5.74, 6) is 0.477. The molecule has 0 aromatic heterocycles. The molecule has 5 nitrogen and oxygen atoms in total. The Hall–Kier alpha value is -3.18. The number of amides is 2. The Labute approximate surface area is 164 Å². The number of likely N-dealkylation sites (N-methyl/N-ethyl adjacent to an activating group) is 1. The van der Waals surface area contributed by atoms with Gasteiger partial charge in [0.25, 0.3) is 11.8 Å². The molecule has 1 N–H and O–H groups in total. The van der Waals surface area contributed by atoms with E-state index in [4.69, 9.17) is 4.74 Å². The second-order valence-corrected chi connectivity index (χ2v) is 7.24. The van der Waals surface area contributed by atoms with E-state index < -0.39 is 0 Å². The number of ether oxygens (including phenoxy) is 1. The molecule has 0 saturated carbocycles. The molecule has 3 aromatic rings. The van der Waals surface area contributed by atoms with E-state index in [9.17, 15) is 9.59 Å². The lowest BCUT2D eigenvalue weighted by Crippen LogP contribution is -3.08. The molecule has 2 amide bonds. The predicted octanol–water partition coefficient (Wildman–Crippen LogP) is 2.16. The minimum absolute atomic E-state index is 0.187. The molecular formula is C23H23N2O3+. The molecule has 4 rings (SSSR count). The van der Waals surface area contributed by atoms with E-state index in [0.29, 0.717) is 24.2 Å². The first-order chi connectivity index (χ1) is 13.6. The van der Waals surface area contributed by atoms with E-state index in [1.165, 1.54) is 20.7 Å². The Kier molecular flexibility index (Phi) is 4.84. The molecule has 1 aliphatic rings. The largest absolute Gasteiger partial charge is 0.497 e. The van der Waals surface area contributed by atoms with E-state index >= 15 is 0 Å². The molecule has 1 aliphatic heterocycles. The first-order valence-electron chi connectivity index (χ1n) is 9.40. The maximum Gasteiger partial charge on any atom is 0.261 e. The summed E-state index contributed by atoms with van der Waals surface area (Å²) in [6.07, 6.45) is 0. The van der Waals surface area contributed by atoms with Crippen LogP contribution in [-0.2, 0) is 6.54 Å². The number of imide groups is 1. The second kappa shape index (κ2) is 7.44. The number of hydrogen-bond donors (Lipinski definition) is 1. The molecule has 0 spiro atoms. The van der Waals surface area contributed by atoms with Crippen molar-refractivity contribution in [2.75, 3.05) is 27.2 Å². The van der Waals surface area contributed by atoms with Crippen LogP contribution in [0.25, 0.3) is 10.8 Å². The highest BCUT2D eigenvalue weighted by Gasteiger charge is 2.35. The van der Waals surface area contributed by atoms with Gasteiger partial charge in [-0.1, -0.05) is 30.3 Å². The zero-order valence-electron chi connectivity index (χ0n) is 16.1. The molecule has 0 fully saturated rings. The number of nitrogens with one attached hydrogen (secondary N) is 1. The summed E-state index contributed by atoms with van der Waals surface area (Å²) in [5, 5.41) is 2.32. The molecule has 0 bridgehead atoms. The average Bonchev–Trinajstić information content (AvgIpc) is 2.96. The van der Waals surface area contributed by atoms with Crippen molar-refractivity contribution in [3.05, 3.63) is 77.4 Å². The lowest BCUT2D eigenvalue weighted by Gasteiger charge is -2.18. The molecule has 142 valence electrons. The number of fused-ring (bicyclic) bond motifs is 2. The Morgan fingerprint density at radius 2 is 1.54 bits per heavy atom. The van der Waals surface area contributed by atoms with Crippen molar-refractivity contribution in [1.29, 1.82) is 0 Å². The maximum atomic E-state index is 12.5. The quantitative estimate of drug-likeness (QED) is 0.672. The van der Waals surface area contributed by atoms with Crippen LogP contribution in [0, 0.1) is 0 Å². The molecule has 0 aliphatic carbocycles. The van der Waals surface area contributed by atoms with Crippen LogP contribution < -0.4 is 9.64 Å². The maximum absolute atomic E-state index is 12.5. The standard InChI is InChI=1S/C23H22N2O3/c1-24(11-12-25-22(26)20-5-3-4-6-21(20)23(25)27)15-16-7-8-18-14-19(28-2)10-9-17(18)13-16/h3-10,13-14H,11-12,15H2,1-2H3/p+1. The smallest absolute Gasteiger partial charge is 0.261 e. The van der Waals surface area contributed by atoms with Gasteiger partial charge in [-0.2, -0.15) is 0 Å². The molecule has 0 saturated heterocycles. The molecule has 1 unspecified atom stereocenters. The normalized spacial score (nSPS) is 14.4. The van der Waals surface area contributed by atoms with Gasteiger partial charge in [0.15, 0.2) is 0 Å². The highest BCUT2D eigenvalue weighted by atomic mass is 16.5. The van der Waals surface area contributed by atoms with E-state index in [1.807, 2.05) is 12.1 Å². The van der Waals surface area contributed by atoms with Crippen LogP contribution in [0.3, 0.4) is 0 Å². The molecule has 3 aromatic carbocycles. The van der Waals surface area contributed by atoms with Crippen molar-refractivity contribution in [3.63, 3.8) is 0 Å². The van der Waals surface area contributed by atoms with Crippen molar-refractivity contribution in [3.8, 4) is 5.75 Å². The van der Waals surface area contributed by atoms with Crippen molar-refractivity contribution in [2.45, 2.75) is 6.54 Å². The van der Waals surface area contributed by atoms with Crippen LogP contribution in [0.4, 0.5) is 0 Å². The van der Waals surface area contributed by atoms with Crippen LogP contribution in [0.15, 0.2) is 60.7 Å². The summed E-state index contributed by atoms with van der Waals surface area (Å²) in [5.41, 5.74) is 2.24. The number of nitrogens with zero attached hydrogens (tertiary/aromatic N) is 1. The Bertz CT molecular complexity index is 1030. The number of benzene rings is 3. The van der Waals surface area contributed by atoms with Crippen molar-refractivity contribution in [1.82, 2.24) is 4.90 Å². The Morgan fingerprint density at radius 3 is 2.21 bits per heavy atom. The van der Waals surface area contributed by atoms with Crippen molar-refractivity contribution < 1.29 is 19.2 Å². The third-order valence-electron chi connectivity index (χ3n) is 5.26. The van der Waals surface area contributed by atoms with Crippen LogP contribution in [0.2, 0.25) is 0 Å². The third-order valence-corrected chi connectivity index (χ3v) is 5.26.